The summed E-state index contributed by atoms with van der Waals surface area (Å²) in [5.74, 6) is 0. The summed E-state index contributed by atoms with van der Waals surface area (Å²) < 4.78 is 8.29. The molecular formula is C50H36BrN4+3. The minimum absolute atomic E-state index is 0.400. The number of pyridine rings is 4. The van der Waals surface area contributed by atoms with Crippen molar-refractivity contribution in [2.24, 2.45) is 0 Å². The Morgan fingerprint density at radius 2 is 1.11 bits per heavy atom. The molecule has 4 aromatic heterocycles. The molecule has 0 saturated heterocycles. The number of hydrogen-bond acceptors (Lipinski definition) is 1. The second-order valence-electron chi connectivity index (χ2n) is 13.9. The molecule has 0 radical (unpaired) electrons. The maximum Gasteiger partial charge on any atom is 0.417 e. The van der Waals surface area contributed by atoms with Gasteiger partial charge in [0.25, 0.3) is 0 Å². The van der Waals surface area contributed by atoms with Crippen LogP contribution in [0.1, 0.15) is 16.7 Å². The highest BCUT2D eigenvalue weighted by Gasteiger charge is 2.66. The summed E-state index contributed by atoms with van der Waals surface area (Å²) in [5.41, 5.74) is 13.7. The van der Waals surface area contributed by atoms with Gasteiger partial charge in [0.15, 0.2) is 25.1 Å². The fraction of sp³-hybridized carbons (Fsp3) is 0.0400. The van der Waals surface area contributed by atoms with Crippen LogP contribution in [0.4, 0.5) is 0 Å². The van der Waals surface area contributed by atoms with Gasteiger partial charge in [-0.3, -0.25) is 4.98 Å². The summed E-state index contributed by atoms with van der Waals surface area (Å²) in [6.45, 7) is 1.02. The quantitative estimate of drug-likeness (QED) is 0.153. The molecule has 12 rings (SSSR count). The molecule has 55 heavy (non-hydrogen) atoms. The van der Waals surface area contributed by atoms with Crippen LogP contribution in [0.2, 0.25) is 0 Å². The Balaban J connectivity index is 0.000000118. The zero-order chi connectivity index (χ0) is 36.8. The number of fused-ring (bicyclic) bond motifs is 15. The molecule has 0 saturated carbocycles. The summed E-state index contributed by atoms with van der Waals surface area (Å²) in [4.78, 5) is 4.28. The first-order valence-corrected chi connectivity index (χ1v) is 19.4. The summed E-state index contributed by atoms with van der Waals surface area (Å²) >= 11 is 3.49. The minimum Gasteiger partial charge on any atom is -0.256 e. The third-order valence-corrected chi connectivity index (χ3v) is 11.6. The Bertz CT molecular complexity index is 2790. The fourth-order valence-corrected chi connectivity index (χ4v) is 9.12. The molecule has 5 aromatic carbocycles. The van der Waals surface area contributed by atoms with E-state index in [1.807, 2.05) is 42.5 Å². The van der Waals surface area contributed by atoms with Crippen molar-refractivity contribution in [2.45, 2.75) is 12.2 Å². The molecule has 3 aliphatic rings. The van der Waals surface area contributed by atoms with Crippen LogP contribution >= 0.6 is 15.9 Å². The van der Waals surface area contributed by atoms with Crippen molar-refractivity contribution in [1.29, 1.82) is 0 Å². The van der Waals surface area contributed by atoms with E-state index in [2.05, 4.69) is 193 Å². The lowest BCUT2D eigenvalue weighted by atomic mass is 9.90. The number of halogens is 1. The summed E-state index contributed by atoms with van der Waals surface area (Å²) in [6, 6.07) is 64.1. The molecule has 0 aliphatic carbocycles. The zero-order valence-electron chi connectivity index (χ0n) is 30.0. The molecule has 9 aromatic rings. The lowest BCUT2D eigenvalue weighted by Crippen LogP contribution is -2.71. The van der Waals surface area contributed by atoms with E-state index in [0.717, 1.165) is 22.3 Å². The van der Waals surface area contributed by atoms with Crippen molar-refractivity contribution in [3.8, 4) is 45.0 Å². The van der Waals surface area contributed by atoms with Gasteiger partial charge in [-0.05, 0) is 72.1 Å². The van der Waals surface area contributed by atoms with Gasteiger partial charge in [-0.25, -0.2) is 0 Å². The number of hydrogen-bond donors (Lipinski definition) is 0. The first kappa shape index (κ1) is 33.0. The van der Waals surface area contributed by atoms with E-state index in [-0.39, 0.29) is 0 Å². The average molecular weight is 773 g/mol. The summed E-state index contributed by atoms with van der Waals surface area (Å²) in [6.07, 6.45) is 8.43. The molecule has 7 heterocycles. The van der Waals surface area contributed by atoms with Gasteiger partial charge in [-0.1, -0.05) is 101 Å². The van der Waals surface area contributed by atoms with Crippen molar-refractivity contribution in [2.75, 3.05) is 0 Å². The van der Waals surface area contributed by atoms with Gasteiger partial charge in [0, 0.05) is 52.1 Å². The van der Waals surface area contributed by atoms with E-state index < -0.39 is 5.66 Å². The number of benzene rings is 5. The normalized spacial score (nSPS) is 14.6. The molecule has 0 amide bonds. The maximum atomic E-state index is 4.28. The van der Waals surface area contributed by atoms with Crippen molar-refractivity contribution < 1.29 is 13.7 Å². The second kappa shape index (κ2) is 13.7. The largest absolute Gasteiger partial charge is 0.417 e. The van der Waals surface area contributed by atoms with Gasteiger partial charge in [-0.2, -0.15) is 4.57 Å². The van der Waals surface area contributed by atoms with Gasteiger partial charge in [0.2, 0.25) is 17.1 Å². The van der Waals surface area contributed by atoms with Crippen LogP contribution in [0.5, 0.6) is 0 Å². The van der Waals surface area contributed by atoms with Crippen LogP contribution in [0.3, 0.4) is 0 Å². The first-order valence-electron chi connectivity index (χ1n) is 18.6. The number of nitrogens with zero attached hydrogens (tertiary/aromatic N) is 4. The standard InChI is InChI=1S/C27H18N2.C12H10N.C11H8BrN/c1-2-10-20-19(9-1)16-18-29-26(20)22-12-4-6-14-24(22)27(29)23-13-5-3-11-21(23)25-15-7-8-17-28(25)27;1-2-6-11-10(5-1)9-13-8-4-3-7-12(11)13;12-10-6-2-1-5-9(10)11-7-3-4-8-13-11/h1-18H;1-8H,9H2;1-8H/q+2;+1;. The van der Waals surface area contributed by atoms with E-state index in [1.165, 1.54) is 61.2 Å². The minimum atomic E-state index is -0.400. The molecule has 3 aliphatic heterocycles. The lowest BCUT2D eigenvalue weighted by Gasteiger charge is -2.17. The molecule has 1 unspecified atom stereocenters. The van der Waals surface area contributed by atoms with Gasteiger partial charge in [0.05, 0.1) is 27.8 Å². The van der Waals surface area contributed by atoms with E-state index in [1.54, 1.807) is 6.20 Å². The monoisotopic (exact) mass is 771 g/mol. The Morgan fingerprint density at radius 1 is 0.473 bits per heavy atom. The highest BCUT2D eigenvalue weighted by Crippen LogP contribution is 2.48. The fourth-order valence-electron chi connectivity index (χ4n) is 8.63. The smallest absolute Gasteiger partial charge is 0.256 e. The molecule has 1 spiro atoms. The summed E-state index contributed by atoms with van der Waals surface area (Å²) in [5, 5.41) is 2.57. The third kappa shape index (κ3) is 5.34. The van der Waals surface area contributed by atoms with Gasteiger partial charge in [0.1, 0.15) is 11.1 Å². The van der Waals surface area contributed by atoms with Crippen molar-refractivity contribution in [3.05, 3.63) is 228 Å². The highest BCUT2D eigenvalue weighted by molar-refractivity contribution is 9.10. The van der Waals surface area contributed by atoms with E-state index in [9.17, 15) is 0 Å². The maximum absolute atomic E-state index is 4.28. The SMILES string of the molecule is Brc1ccccc1-c1ccccn1.c1ccc2c(c1)-c1cccc[n+]1C21c2ccccc2-c2c3ccccc3cc[n+]21.c1ccc2c(c1)C[n+]1ccccc1-2. The predicted octanol–water partition coefficient (Wildman–Crippen LogP) is 10.2. The Hall–Kier alpha value is -6.56. The second-order valence-corrected chi connectivity index (χ2v) is 14.8. The van der Waals surface area contributed by atoms with E-state index in [0.29, 0.717) is 0 Å². The van der Waals surface area contributed by atoms with Crippen molar-refractivity contribution in [1.82, 2.24) is 4.98 Å². The molecular weight excluding hydrogens is 736 g/mol. The molecule has 0 fully saturated rings. The van der Waals surface area contributed by atoms with Crippen molar-refractivity contribution >= 4 is 26.7 Å². The van der Waals surface area contributed by atoms with Crippen LogP contribution < -0.4 is 13.7 Å². The molecule has 0 N–H and O–H groups in total. The number of aromatic nitrogens is 4. The first-order chi connectivity index (χ1) is 27.2. The molecule has 1 atom stereocenters. The predicted molar refractivity (Wildman–Crippen MR) is 222 cm³/mol. The van der Waals surface area contributed by atoms with Crippen LogP contribution in [-0.2, 0) is 12.2 Å². The van der Waals surface area contributed by atoms with Gasteiger partial charge >= 0.3 is 5.66 Å². The molecule has 5 heteroatoms. The Labute approximate surface area is 329 Å². The zero-order valence-corrected chi connectivity index (χ0v) is 31.6. The summed E-state index contributed by atoms with van der Waals surface area (Å²) in [7, 11) is 0. The van der Waals surface area contributed by atoms with Crippen LogP contribution in [0.15, 0.2) is 211 Å². The van der Waals surface area contributed by atoms with Crippen molar-refractivity contribution in [3.63, 3.8) is 0 Å². The van der Waals surface area contributed by atoms with E-state index in [4.69, 9.17) is 0 Å². The molecule has 260 valence electrons. The third-order valence-electron chi connectivity index (χ3n) is 10.9. The Kier molecular flexibility index (Phi) is 8.23. The van der Waals surface area contributed by atoms with E-state index >= 15 is 0 Å². The van der Waals surface area contributed by atoms with Gasteiger partial charge in [-0.15, -0.1) is 9.13 Å². The molecule has 4 nitrogen and oxygen atoms in total. The average Bonchev–Trinajstić information content (AvgIpc) is 3.89. The van der Waals surface area contributed by atoms with Crippen LogP contribution in [-0.4, -0.2) is 4.98 Å². The lowest BCUT2D eigenvalue weighted by molar-refractivity contribution is -0.954. The highest BCUT2D eigenvalue weighted by atomic mass is 79.9. The van der Waals surface area contributed by atoms with Gasteiger partial charge < -0.3 is 0 Å². The number of rotatable bonds is 1. The molecule has 0 bridgehead atoms. The van der Waals surface area contributed by atoms with Crippen LogP contribution in [0.25, 0.3) is 55.8 Å². The van der Waals surface area contributed by atoms with Crippen LogP contribution in [0, 0.1) is 0 Å². The topological polar surface area (TPSA) is 24.5 Å². The Morgan fingerprint density at radius 3 is 1.93 bits per heavy atom.